The minimum Gasteiger partial charge on any atom is -0.504 e. The number of ketones is 1. The molecule has 0 radical (unpaired) electrons. The Morgan fingerprint density at radius 1 is 0.971 bits per heavy atom. The molecular weight excluding hydrogens is 576 g/mol. The molecule has 1 aliphatic carbocycles. The van der Waals surface area contributed by atoms with Gasteiger partial charge in [0.15, 0.2) is 28.8 Å². The summed E-state index contributed by atoms with van der Waals surface area (Å²) in [5, 5.41) is 12.9. The quantitative estimate of drug-likeness (QED) is 0.395. The van der Waals surface area contributed by atoms with Gasteiger partial charge in [0.25, 0.3) is 0 Å². The first kappa shape index (κ1) is 28.8. The number of phenolic OH excluding ortho intramolecular Hbond substituents is 1. The molecule has 2 aromatic carbocycles. The van der Waals surface area contributed by atoms with E-state index in [4.69, 9.17) is 19.9 Å². The number of hydrogen-bond donors (Lipinski definition) is 3. The van der Waals surface area contributed by atoms with Gasteiger partial charge in [-0.2, -0.15) is 0 Å². The van der Waals surface area contributed by atoms with E-state index in [1.807, 2.05) is 6.07 Å². The van der Waals surface area contributed by atoms with Gasteiger partial charge in [0.1, 0.15) is 0 Å². The Balaban J connectivity index is 0.00000432. The summed E-state index contributed by atoms with van der Waals surface area (Å²) in [5.41, 5.74) is 8.11. The van der Waals surface area contributed by atoms with Crippen LogP contribution in [0.2, 0.25) is 0 Å². The smallest absolute Gasteiger partial charge is 0.221 e. The van der Waals surface area contributed by atoms with Gasteiger partial charge in [-0.05, 0) is 60.4 Å². The normalized spacial score (nSPS) is 17.6. The minimum absolute atomic E-state index is 0. The molecule has 35 heavy (non-hydrogen) atoms. The van der Waals surface area contributed by atoms with E-state index in [2.05, 4.69) is 5.32 Å². The molecule has 1 aliphatic rings. The van der Waals surface area contributed by atoms with Crippen LogP contribution in [0.15, 0.2) is 47.5 Å². The summed E-state index contributed by atoms with van der Waals surface area (Å²) in [6, 6.07) is 10.0. The van der Waals surface area contributed by atoms with E-state index in [-0.39, 0.29) is 78.2 Å². The van der Waals surface area contributed by atoms with E-state index >= 15 is 0 Å². The zero-order chi connectivity index (χ0) is 24.7. The molecule has 0 heterocycles. The Labute approximate surface area is 238 Å². The molecule has 4 N–H and O–H groups in total. The van der Waals surface area contributed by atoms with Crippen LogP contribution in [0.3, 0.4) is 0 Å². The van der Waals surface area contributed by atoms with Crippen LogP contribution >= 0.6 is 0 Å². The Bertz CT molecular complexity index is 1130. The molecule has 8 nitrogen and oxygen atoms in total. The van der Waals surface area contributed by atoms with Gasteiger partial charge in [-0.25, -0.2) is 0 Å². The van der Waals surface area contributed by atoms with Crippen molar-refractivity contribution >= 4 is 23.8 Å². The van der Waals surface area contributed by atoms with Crippen molar-refractivity contribution in [2.75, 3.05) is 27.9 Å². The summed E-state index contributed by atoms with van der Waals surface area (Å²) < 4.78 is 15.8. The summed E-state index contributed by atoms with van der Waals surface area (Å²) in [6.07, 6.45) is 4.54. The molecule has 0 aliphatic heterocycles. The molecule has 1 amide bonds. The first-order valence-electron chi connectivity index (χ1n) is 10.9. The zero-order valence-electron chi connectivity index (χ0n) is 20.1. The maximum atomic E-state index is 13.4. The molecule has 9 heteroatoms. The maximum absolute atomic E-state index is 13.4. The van der Waals surface area contributed by atoms with Gasteiger partial charge >= 0.3 is 0 Å². The predicted octanol–water partition coefficient (Wildman–Crippen LogP) is 3.08. The van der Waals surface area contributed by atoms with Crippen molar-refractivity contribution in [3.63, 3.8) is 0 Å². The van der Waals surface area contributed by atoms with Crippen LogP contribution in [-0.4, -0.2) is 50.7 Å². The molecule has 1 unspecified atom stereocenters. The number of nitrogens with one attached hydrogen (secondary N) is 1. The molecular formula is C26H30CeN2O6. The average Bonchev–Trinajstić information content (AvgIpc) is 2.83. The second-order valence-electron chi connectivity index (χ2n) is 7.93. The zero-order valence-corrected chi connectivity index (χ0v) is 23.2. The number of aromatic hydroxyl groups is 1. The van der Waals surface area contributed by atoms with Crippen molar-refractivity contribution in [2.24, 2.45) is 5.73 Å². The molecule has 0 spiro atoms. The van der Waals surface area contributed by atoms with Crippen molar-refractivity contribution in [3.8, 4) is 23.0 Å². The topological polar surface area (TPSA) is 120 Å². The Hall–Kier alpha value is -2.40. The van der Waals surface area contributed by atoms with Gasteiger partial charge in [-0.3, -0.25) is 9.59 Å². The number of carbonyl (C=O) groups excluding carboxylic acids is 2. The van der Waals surface area contributed by atoms with Crippen molar-refractivity contribution in [1.29, 1.82) is 0 Å². The number of rotatable bonds is 8. The number of methoxy groups -OCH3 is 3. The largest absolute Gasteiger partial charge is 0.504 e. The van der Waals surface area contributed by atoms with Gasteiger partial charge in [0, 0.05) is 71.9 Å². The van der Waals surface area contributed by atoms with Crippen molar-refractivity contribution < 1.29 is 70.7 Å². The molecule has 1 atom stereocenters. The first-order valence-corrected chi connectivity index (χ1v) is 10.9. The van der Waals surface area contributed by atoms with Gasteiger partial charge in [-0.1, -0.05) is 12.1 Å². The third-order valence-corrected chi connectivity index (χ3v) is 5.55. The molecule has 3 rings (SSSR count). The third kappa shape index (κ3) is 7.54. The number of amides is 1. The molecule has 0 saturated heterocycles. The van der Waals surface area contributed by atoms with E-state index in [0.717, 1.165) is 5.56 Å². The van der Waals surface area contributed by atoms with Crippen molar-refractivity contribution in [1.82, 2.24) is 5.32 Å². The summed E-state index contributed by atoms with van der Waals surface area (Å²) >= 11 is 0. The fourth-order valence-electron chi connectivity index (χ4n) is 3.91. The average molecular weight is 607 g/mol. The number of phenols is 1. The van der Waals surface area contributed by atoms with Gasteiger partial charge in [0.05, 0.1) is 21.3 Å². The number of Topliss-reactive ketones (excluding diaryl/α,β-unsaturated/α-hetero) is 1. The van der Waals surface area contributed by atoms with Gasteiger partial charge in [-0.15, -0.1) is 0 Å². The van der Waals surface area contributed by atoms with E-state index in [0.29, 0.717) is 46.8 Å². The summed E-state index contributed by atoms with van der Waals surface area (Å²) in [7, 11) is 4.58. The van der Waals surface area contributed by atoms with E-state index in [9.17, 15) is 14.7 Å². The third-order valence-electron chi connectivity index (χ3n) is 5.55. The molecule has 0 aromatic heterocycles. The molecule has 2 aromatic rings. The Morgan fingerprint density at radius 2 is 1.51 bits per heavy atom. The maximum Gasteiger partial charge on any atom is 0.221 e. The first-order chi connectivity index (χ1) is 16.4. The number of hydrogen-bond acceptors (Lipinski definition) is 7. The van der Waals surface area contributed by atoms with Crippen LogP contribution < -0.4 is 25.3 Å². The van der Waals surface area contributed by atoms with Crippen LogP contribution in [-0.2, 0) is 9.59 Å². The number of nitrogens with two attached hydrogens (primary N) is 1. The summed E-state index contributed by atoms with van der Waals surface area (Å²) in [4.78, 5) is 25.6. The molecule has 184 valence electrons. The molecule has 0 bridgehead atoms. The minimum atomic E-state index is -0.256. The van der Waals surface area contributed by atoms with Crippen LogP contribution in [0.1, 0.15) is 30.4 Å². The summed E-state index contributed by atoms with van der Waals surface area (Å²) in [5.74, 6) is 1.21. The van der Waals surface area contributed by atoms with Crippen molar-refractivity contribution in [2.45, 2.75) is 25.3 Å². The monoisotopic (exact) mass is 606 g/mol. The SMILES string of the molecule is COc1cc(/C=C2\CC(NC(=O)CCN)C/C(=C\c3ccc(OC)c(OC)c3)C2=O)ccc1O.[Ce]. The Kier molecular flexibility index (Phi) is 11.2. The number of carbonyl (C=O) groups is 2. The van der Waals surface area contributed by atoms with E-state index < -0.39 is 0 Å². The summed E-state index contributed by atoms with van der Waals surface area (Å²) in [6.45, 7) is 0.252. The van der Waals surface area contributed by atoms with E-state index in [1.165, 1.54) is 13.2 Å². The number of ether oxygens (including phenoxy) is 3. The standard InChI is InChI=1S/C26H30N2O6.Ce/c1-32-22-7-5-17(13-24(22)34-3)11-19-15-20(28-25(30)8-9-27)14-18(26(19)31)10-16-4-6-21(29)23(12-16)33-2;/h4-7,10-13,20,29H,8-9,14-15,27H2,1-3H3,(H,28,30);/b18-10+,19-11+;. The van der Waals surface area contributed by atoms with Crippen LogP contribution in [0, 0.1) is 41.7 Å². The van der Waals surface area contributed by atoms with Crippen LogP contribution in [0.5, 0.6) is 23.0 Å². The van der Waals surface area contributed by atoms with E-state index in [1.54, 1.807) is 50.6 Å². The van der Waals surface area contributed by atoms with Crippen LogP contribution in [0.4, 0.5) is 0 Å². The Morgan fingerprint density at radius 3 is 2.06 bits per heavy atom. The second kappa shape index (κ2) is 13.6. The fourth-order valence-corrected chi connectivity index (χ4v) is 3.91. The number of benzene rings is 2. The van der Waals surface area contributed by atoms with Crippen LogP contribution in [0.25, 0.3) is 12.2 Å². The fraction of sp³-hybridized carbons (Fsp3) is 0.308. The second-order valence-corrected chi connectivity index (χ2v) is 7.93. The predicted molar refractivity (Wildman–Crippen MR) is 130 cm³/mol. The molecule has 1 fully saturated rings. The van der Waals surface area contributed by atoms with Crippen molar-refractivity contribution in [3.05, 3.63) is 58.7 Å². The van der Waals surface area contributed by atoms with Gasteiger partial charge < -0.3 is 30.4 Å². The molecule has 1 saturated carbocycles. The van der Waals surface area contributed by atoms with Gasteiger partial charge in [0.2, 0.25) is 5.91 Å².